The van der Waals surface area contributed by atoms with Crippen molar-refractivity contribution in [3.05, 3.63) is 81.3 Å². The predicted molar refractivity (Wildman–Crippen MR) is 119 cm³/mol. The number of carbonyl (C=O) groups is 1. The van der Waals surface area contributed by atoms with E-state index >= 15 is 0 Å². The fourth-order valence-electron chi connectivity index (χ4n) is 4.28. The molecule has 2 aromatic carbocycles. The number of rotatable bonds is 7. The van der Waals surface area contributed by atoms with Crippen molar-refractivity contribution < 1.29 is 18.4 Å². The molecule has 1 amide bonds. The Morgan fingerprint density at radius 1 is 1.22 bits per heavy atom. The first-order valence-electron chi connectivity index (χ1n) is 11.0. The third-order valence-electron chi connectivity index (χ3n) is 6.11. The summed E-state index contributed by atoms with van der Waals surface area (Å²) in [4.78, 5) is 32.0. The van der Waals surface area contributed by atoms with E-state index in [9.17, 15) is 18.4 Å². The molecule has 3 aromatic rings. The molecular formula is C25H26F2N2O3. The zero-order chi connectivity index (χ0) is 22.8. The maximum atomic E-state index is 14.6. The lowest BCUT2D eigenvalue weighted by Gasteiger charge is -2.35. The number of nitrogens with zero attached hydrogens (tertiary/aromatic N) is 1. The highest BCUT2D eigenvalue weighted by Gasteiger charge is 2.32. The Kier molecular flexibility index (Phi) is 6.26. The summed E-state index contributed by atoms with van der Waals surface area (Å²) in [5, 5.41) is 3.08. The zero-order valence-corrected chi connectivity index (χ0v) is 18.2. The molecule has 1 atom stereocenters. The minimum absolute atomic E-state index is 0.177. The highest BCUT2D eigenvalue weighted by molar-refractivity contribution is 6.08. The van der Waals surface area contributed by atoms with Crippen LogP contribution in [0.5, 0.6) is 0 Å². The Bertz CT molecular complexity index is 1220. The number of nitrogens with one attached hydrogen (secondary N) is 1. The van der Waals surface area contributed by atoms with Crippen molar-refractivity contribution >= 4 is 16.7 Å². The summed E-state index contributed by atoms with van der Waals surface area (Å²) >= 11 is 0. The summed E-state index contributed by atoms with van der Waals surface area (Å²) in [6.07, 6.45) is 3.55. The van der Waals surface area contributed by atoms with Gasteiger partial charge in [-0.2, -0.15) is 0 Å². The van der Waals surface area contributed by atoms with E-state index in [4.69, 9.17) is 4.84 Å². The highest BCUT2D eigenvalue weighted by atomic mass is 19.1. The van der Waals surface area contributed by atoms with Gasteiger partial charge >= 0.3 is 0 Å². The van der Waals surface area contributed by atoms with Gasteiger partial charge in [0.15, 0.2) is 0 Å². The van der Waals surface area contributed by atoms with E-state index in [1.54, 1.807) is 25.1 Å². The molecule has 1 heterocycles. The molecule has 1 aliphatic carbocycles. The Morgan fingerprint density at radius 3 is 2.62 bits per heavy atom. The number of carbonyl (C=O) groups excluding carboxylic acids is 1. The van der Waals surface area contributed by atoms with Crippen LogP contribution in [0.1, 0.15) is 60.3 Å². The van der Waals surface area contributed by atoms with Crippen LogP contribution in [-0.2, 0) is 0 Å². The summed E-state index contributed by atoms with van der Waals surface area (Å²) < 4.78 is 29.5. The fraction of sp³-hybridized carbons (Fsp3) is 0.360. The standard InChI is InChI=1S/C25H26F2N2O3/c1-3-13-32-29-15(2)21(19-11-6-12-20(27)22(19)25(29)31)24(30)28-23(16-7-4-8-16)17-9-5-10-18(26)14-17/h5-6,9-12,14,16,23H,3-4,7-8,13H2,1-2H3,(H,28,30)/t23-/m0/s1. The second-order valence-corrected chi connectivity index (χ2v) is 8.25. The van der Waals surface area contributed by atoms with Crippen LogP contribution < -0.4 is 15.7 Å². The summed E-state index contributed by atoms with van der Waals surface area (Å²) in [6.45, 7) is 3.74. The molecule has 0 spiro atoms. The summed E-state index contributed by atoms with van der Waals surface area (Å²) in [6, 6.07) is 10.1. The van der Waals surface area contributed by atoms with Crippen molar-refractivity contribution in [2.24, 2.45) is 5.92 Å². The van der Waals surface area contributed by atoms with Gasteiger partial charge < -0.3 is 10.2 Å². The van der Waals surface area contributed by atoms with Gasteiger partial charge in [0.1, 0.15) is 18.2 Å². The van der Waals surface area contributed by atoms with Crippen LogP contribution in [0.25, 0.3) is 10.8 Å². The maximum Gasteiger partial charge on any atom is 0.294 e. The Morgan fingerprint density at radius 2 is 1.97 bits per heavy atom. The minimum atomic E-state index is -0.712. The number of amides is 1. The van der Waals surface area contributed by atoms with Crippen LogP contribution in [-0.4, -0.2) is 17.2 Å². The van der Waals surface area contributed by atoms with Gasteiger partial charge in [-0.1, -0.05) is 37.6 Å². The molecule has 1 saturated carbocycles. The Labute approximate surface area is 185 Å². The zero-order valence-electron chi connectivity index (χ0n) is 18.2. The number of aromatic nitrogens is 1. The first-order valence-corrected chi connectivity index (χ1v) is 11.0. The lowest BCUT2D eigenvalue weighted by molar-refractivity contribution is 0.0866. The van der Waals surface area contributed by atoms with E-state index in [-0.39, 0.29) is 40.7 Å². The van der Waals surface area contributed by atoms with Gasteiger partial charge in [0.2, 0.25) is 0 Å². The van der Waals surface area contributed by atoms with Crippen molar-refractivity contribution in [1.29, 1.82) is 0 Å². The molecule has 0 radical (unpaired) electrons. The normalized spacial score (nSPS) is 14.8. The van der Waals surface area contributed by atoms with Crippen molar-refractivity contribution in [2.45, 2.75) is 45.6 Å². The van der Waals surface area contributed by atoms with Crippen LogP contribution in [0.3, 0.4) is 0 Å². The molecule has 1 aliphatic rings. The topological polar surface area (TPSA) is 60.3 Å². The number of hydrogen-bond donors (Lipinski definition) is 1. The smallest absolute Gasteiger partial charge is 0.294 e. The third-order valence-corrected chi connectivity index (χ3v) is 6.11. The van der Waals surface area contributed by atoms with Gasteiger partial charge in [-0.25, -0.2) is 8.78 Å². The van der Waals surface area contributed by atoms with Crippen LogP contribution in [0.2, 0.25) is 0 Å². The van der Waals surface area contributed by atoms with E-state index in [1.807, 2.05) is 6.92 Å². The van der Waals surface area contributed by atoms with Crippen LogP contribution in [0.4, 0.5) is 8.78 Å². The van der Waals surface area contributed by atoms with Crippen LogP contribution in [0, 0.1) is 24.5 Å². The molecular weight excluding hydrogens is 414 g/mol. The van der Waals surface area contributed by atoms with E-state index in [0.29, 0.717) is 17.7 Å². The molecule has 1 N–H and O–H groups in total. The quantitative estimate of drug-likeness (QED) is 0.580. The largest absolute Gasteiger partial charge is 0.411 e. The summed E-state index contributed by atoms with van der Waals surface area (Å²) in [5.41, 5.74) is 0.523. The van der Waals surface area contributed by atoms with Crippen molar-refractivity contribution in [3.63, 3.8) is 0 Å². The number of benzene rings is 2. The lowest BCUT2D eigenvalue weighted by atomic mass is 9.77. The third kappa shape index (κ3) is 3.99. The maximum absolute atomic E-state index is 14.6. The van der Waals surface area contributed by atoms with Gasteiger partial charge in [-0.3, -0.25) is 9.59 Å². The molecule has 0 bridgehead atoms. The molecule has 168 valence electrons. The van der Waals surface area contributed by atoms with Crippen LogP contribution in [0.15, 0.2) is 47.3 Å². The SMILES string of the molecule is CCCOn1c(C)c(C(=O)N[C@H](c2cccc(F)c2)C2CCC2)c2cccc(F)c2c1=O. The van der Waals surface area contributed by atoms with Gasteiger partial charge in [0.05, 0.1) is 22.7 Å². The summed E-state index contributed by atoms with van der Waals surface area (Å²) in [5.74, 6) is -1.35. The molecule has 1 aromatic heterocycles. The van der Waals surface area contributed by atoms with Gasteiger partial charge in [0, 0.05) is 5.39 Å². The molecule has 4 rings (SSSR count). The fourth-order valence-corrected chi connectivity index (χ4v) is 4.28. The van der Waals surface area contributed by atoms with Gasteiger partial charge in [0.25, 0.3) is 11.5 Å². The second-order valence-electron chi connectivity index (χ2n) is 8.25. The van der Waals surface area contributed by atoms with E-state index in [2.05, 4.69) is 5.32 Å². The Hall–Kier alpha value is -3.22. The van der Waals surface area contributed by atoms with E-state index in [1.165, 1.54) is 24.3 Å². The molecule has 0 saturated heterocycles. The first-order chi connectivity index (χ1) is 15.4. The monoisotopic (exact) mass is 440 g/mol. The van der Waals surface area contributed by atoms with Crippen molar-refractivity contribution in [1.82, 2.24) is 10.0 Å². The molecule has 7 heteroatoms. The predicted octanol–water partition coefficient (Wildman–Crippen LogP) is 4.70. The minimum Gasteiger partial charge on any atom is -0.411 e. The van der Waals surface area contributed by atoms with Gasteiger partial charge in [-0.15, -0.1) is 4.73 Å². The molecule has 0 unspecified atom stereocenters. The first kappa shape index (κ1) is 22.0. The number of halogens is 2. The number of pyridine rings is 1. The van der Waals surface area contributed by atoms with Crippen molar-refractivity contribution in [3.8, 4) is 0 Å². The van der Waals surface area contributed by atoms with E-state index in [0.717, 1.165) is 24.0 Å². The average Bonchev–Trinajstić information content (AvgIpc) is 2.72. The molecule has 5 nitrogen and oxygen atoms in total. The molecule has 0 aliphatic heterocycles. The second kappa shape index (κ2) is 9.10. The average molecular weight is 440 g/mol. The number of fused-ring (bicyclic) bond motifs is 1. The van der Waals surface area contributed by atoms with Crippen LogP contribution >= 0.6 is 0 Å². The number of hydrogen-bond acceptors (Lipinski definition) is 3. The van der Waals surface area contributed by atoms with Crippen molar-refractivity contribution in [2.75, 3.05) is 6.61 Å². The lowest BCUT2D eigenvalue weighted by Crippen LogP contribution is -2.38. The molecule has 32 heavy (non-hydrogen) atoms. The van der Waals surface area contributed by atoms with E-state index < -0.39 is 17.3 Å². The summed E-state index contributed by atoms with van der Waals surface area (Å²) in [7, 11) is 0. The highest BCUT2D eigenvalue weighted by Crippen LogP contribution is 2.38. The molecule has 1 fully saturated rings. The Balaban J connectivity index is 1.81. The van der Waals surface area contributed by atoms with Gasteiger partial charge in [-0.05, 0) is 55.9 Å².